The fraction of sp³-hybridized carbons (Fsp3) is 0.417. The van der Waals surface area contributed by atoms with Crippen molar-refractivity contribution in [2.45, 2.75) is 19.4 Å². The molecule has 2 aromatic rings. The highest BCUT2D eigenvalue weighted by molar-refractivity contribution is 7.09. The van der Waals surface area contributed by atoms with Crippen LogP contribution in [-0.4, -0.2) is 65.8 Å². The molecule has 2 aliphatic rings. The lowest BCUT2D eigenvalue weighted by Crippen LogP contribution is -2.51. The molecule has 0 N–H and O–H groups in total. The number of nitrogens with zero attached hydrogens (tertiary/aromatic N) is 3. The molecule has 4 rings (SSSR count). The number of hydrogen-bond acceptors (Lipinski definition) is 4. The van der Waals surface area contributed by atoms with E-state index < -0.39 is 0 Å². The van der Waals surface area contributed by atoms with Gasteiger partial charge in [0, 0.05) is 62.7 Å². The number of likely N-dealkylation sites (tertiary alicyclic amines) is 1. The zero-order valence-electron chi connectivity index (χ0n) is 17.3. The average molecular weight is 424 g/mol. The van der Waals surface area contributed by atoms with Gasteiger partial charge in [0.15, 0.2) is 0 Å². The molecule has 2 saturated heterocycles. The molecular weight excluding hydrogens is 394 g/mol. The van der Waals surface area contributed by atoms with Crippen LogP contribution in [0.15, 0.2) is 53.9 Å². The minimum absolute atomic E-state index is 0.0342. The first-order valence-electron chi connectivity index (χ1n) is 10.7. The van der Waals surface area contributed by atoms with Gasteiger partial charge in [-0.3, -0.25) is 14.5 Å². The third kappa shape index (κ3) is 5.37. The summed E-state index contributed by atoms with van der Waals surface area (Å²) in [6.07, 6.45) is 5.03. The molecule has 2 amide bonds. The molecule has 0 aliphatic carbocycles. The standard InChI is InChI=1S/C24H29N3O2S/c28-23(9-8-20-5-2-1-3-6-20)26-12-10-21(11-13-26)24(29)27-16-14-25(15-17-27)19-22-7-4-18-30-22/h1-9,18,21H,10-17,19H2/b9-8-. The highest BCUT2D eigenvalue weighted by Gasteiger charge is 2.31. The summed E-state index contributed by atoms with van der Waals surface area (Å²) in [5.74, 6) is 0.362. The fourth-order valence-corrected chi connectivity index (χ4v) is 4.94. The van der Waals surface area contributed by atoms with Gasteiger partial charge in [0.1, 0.15) is 0 Å². The summed E-state index contributed by atoms with van der Waals surface area (Å²) in [7, 11) is 0. The summed E-state index contributed by atoms with van der Waals surface area (Å²) in [4.78, 5) is 33.1. The number of hydrogen-bond donors (Lipinski definition) is 0. The zero-order chi connectivity index (χ0) is 20.8. The third-order valence-corrected chi connectivity index (χ3v) is 6.88. The summed E-state index contributed by atoms with van der Waals surface area (Å²) in [5.41, 5.74) is 1.02. The third-order valence-electron chi connectivity index (χ3n) is 6.02. The van der Waals surface area contributed by atoms with E-state index in [-0.39, 0.29) is 17.7 Å². The number of carbonyl (C=O) groups excluding carboxylic acids is 2. The Morgan fingerprint density at radius 2 is 1.63 bits per heavy atom. The summed E-state index contributed by atoms with van der Waals surface area (Å²) in [6, 6.07) is 14.1. The van der Waals surface area contributed by atoms with Crippen molar-refractivity contribution >= 4 is 29.2 Å². The first-order valence-corrected chi connectivity index (χ1v) is 11.6. The zero-order valence-corrected chi connectivity index (χ0v) is 18.1. The van der Waals surface area contributed by atoms with Crippen LogP contribution in [0.3, 0.4) is 0 Å². The highest BCUT2D eigenvalue weighted by atomic mass is 32.1. The molecule has 5 nitrogen and oxygen atoms in total. The van der Waals surface area contributed by atoms with Crippen LogP contribution in [0.4, 0.5) is 0 Å². The van der Waals surface area contributed by atoms with Gasteiger partial charge in [0.2, 0.25) is 11.8 Å². The van der Waals surface area contributed by atoms with Crippen molar-refractivity contribution in [1.82, 2.24) is 14.7 Å². The van der Waals surface area contributed by atoms with Crippen molar-refractivity contribution in [1.29, 1.82) is 0 Å². The van der Waals surface area contributed by atoms with Gasteiger partial charge in [-0.05, 0) is 35.9 Å². The first-order chi connectivity index (χ1) is 14.7. The molecule has 1 aromatic carbocycles. The Bertz CT molecular complexity index is 850. The molecule has 158 valence electrons. The maximum Gasteiger partial charge on any atom is 0.246 e. The number of amides is 2. The number of carbonyl (C=O) groups is 2. The second-order valence-corrected chi connectivity index (χ2v) is 9.06. The average Bonchev–Trinajstić information content (AvgIpc) is 3.31. The molecular formula is C24H29N3O2S. The monoisotopic (exact) mass is 423 g/mol. The van der Waals surface area contributed by atoms with E-state index in [1.165, 1.54) is 4.88 Å². The molecule has 0 atom stereocenters. The van der Waals surface area contributed by atoms with E-state index in [0.29, 0.717) is 13.1 Å². The molecule has 1 aromatic heterocycles. The Balaban J connectivity index is 1.21. The van der Waals surface area contributed by atoms with Gasteiger partial charge in [-0.2, -0.15) is 0 Å². The van der Waals surface area contributed by atoms with Crippen molar-refractivity contribution in [2.24, 2.45) is 5.92 Å². The van der Waals surface area contributed by atoms with E-state index in [9.17, 15) is 9.59 Å². The molecule has 6 heteroatoms. The topological polar surface area (TPSA) is 43.9 Å². The van der Waals surface area contributed by atoms with Crippen LogP contribution >= 0.6 is 11.3 Å². The lowest BCUT2D eigenvalue weighted by atomic mass is 9.95. The van der Waals surface area contributed by atoms with E-state index in [0.717, 1.165) is 51.1 Å². The van der Waals surface area contributed by atoms with Gasteiger partial charge in [-0.25, -0.2) is 0 Å². The first kappa shape index (κ1) is 20.8. The lowest BCUT2D eigenvalue weighted by Gasteiger charge is -2.38. The van der Waals surface area contributed by atoms with Crippen LogP contribution in [0.25, 0.3) is 6.08 Å². The van der Waals surface area contributed by atoms with Gasteiger partial charge in [0.05, 0.1) is 0 Å². The van der Waals surface area contributed by atoms with Crippen molar-refractivity contribution in [3.05, 3.63) is 64.4 Å². The molecule has 0 spiro atoms. The predicted octanol–water partition coefficient (Wildman–Crippen LogP) is 3.34. The molecule has 2 fully saturated rings. The molecule has 0 radical (unpaired) electrons. The largest absolute Gasteiger partial charge is 0.340 e. The number of thiophene rings is 1. The molecule has 2 aliphatic heterocycles. The van der Waals surface area contributed by atoms with E-state index in [1.54, 1.807) is 17.4 Å². The highest BCUT2D eigenvalue weighted by Crippen LogP contribution is 2.22. The molecule has 30 heavy (non-hydrogen) atoms. The fourth-order valence-electron chi connectivity index (χ4n) is 4.19. The minimum atomic E-state index is 0.0342. The summed E-state index contributed by atoms with van der Waals surface area (Å²) in [6.45, 7) is 5.79. The van der Waals surface area contributed by atoms with Gasteiger partial charge in [-0.15, -0.1) is 11.3 Å². The van der Waals surface area contributed by atoms with E-state index in [1.807, 2.05) is 46.2 Å². The van der Waals surface area contributed by atoms with Crippen LogP contribution in [0.2, 0.25) is 0 Å². The van der Waals surface area contributed by atoms with Crippen LogP contribution in [-0.2, 0) is 16.1 Å². The SMILES string of the molecule is O=C(/C=C\c1ccccc1)N1CCC(C(=O)N2CCN(Cc3cccs3)CC2)CC1. The molecule has 0 saturated carbocycles. The van der Waals surface area contributed by atoms with E-state index in [2.05, 4.69) is 22.4 Å². The minimum Gasteiger partial charge on any atom is -0.340 e. The smallest absolute Gasteiger partial charge is 0.246 e. The summed E-state index contributed by atoms with van der Waals surface area (Å²) in [5, 5.41) is 2.11. The van der Waals surface area contributed by atoms with Crippen molar-refractivity contribution < 1.29 is 9.59 Å². The molecule has 3 heterocycles. The van der Waals surface area contributed by atoms with Crippen LogP contribution in [0.1, 0.15) is 23.3 Å². The van der Waals surface area contributed by atoms with Crippen LogP contribution in [0.5, 0.6) is 0 Å². The maximum absolute atomic E-state index is 13.0. The number of piperidine rings is 1. The van der Waals surface area contributed by atoms with E-state index in [4.69, 9.17) is 0 Å². The Hall–Kier alpha value is -2.44. The summed E-state index contributed by atoms with van der Waals surface area (Å²) < 4.78 is 0. The molecule has 0 unspecified atom stereocenters. The Labute approximate surface area is 182 Å². The number of piperazine rings is 1. The van der Waals surface area contributed by atoms with Gasteiger partial charge < -0.3 is 9.80 Å². The van der Waals surface area contributed by atoms with Crippen molar-refractivity contribution in [2.75, 3.05) is 39.3 Å². The van der Waals surface area contributed by atoms with Crippen molar-refractivity contribution in [3.63, 3.8) is 0 Å². The predicted molar refractivity (Wildman–Crippen MR) is 121 cm³/mol. The van der Waals surface area contributed by atoms with Crippen LogP contribution in [0, 0.1) is 5.92 Å². The quantitative estimate of drug-likeness (QED) is 0.693. The van der Waals surface area contributed by atoms with Gasteiger partial charge in [0.25, 0.3) is 0 Å². The second kappa shape index (κ2) is 10.0. The maximum atomic E-state index is 13.0. The van der Waals surface area contributed by atoms with Crippen molar-refractivity contribution in [3.8, 4) is 0 Å². The van der Waals surface area contributed by atoms with Crippen LogP contribution < -0.4 is 0 Å². The number of benzene rings is 1. The van der Waals surface area contributed by atoms with Gasteiger partial charge >= 0.3 is 0 Å². The number of rotatable bonds is 5. The summed E-state index contributed by atoms with van der Waals surface area (Å²) >= 11 is 1.79. The second-order valence-electron chi connectivity index (χ2n) is 8.02. The molecule has 0 bridgehead atoms. The van der Waals surface area contributed by atoms with E-state index >= 15 is 0 Å². The Morgan fingerprint density at radius 1 is 0.900 bits per heavy atom. The lowest BCUT2D eigenvalue weighted by molar-refractivity contribution is -0.140. The Morgan fingerprint density at radius 3 is 2.30 bits per heavy atom. The van der Waals surface area contributed by atoms with Gasteiger partial charge in [-0.1, -0.05) is 36.4 Å². The Kier molecular flexibility index (Phi) is 6.97. The normalized spacial score (nSPS) is 18.8.